The van der Waals surface area contributed by atoms with E-state index in [9.17, 15) is 0 Å². The summed E-state index contributed by atoms with van der Waals surface area (Å²) < 4.78 is 0. The van der Waals surface area contributed by atoms with Crippen molar-refractivity contribution < 1.29 is 71.9 Å². The zero-order chi connectivity index (χ0) is 26.1. The summed E-state index contributed by atoms with van der Waals surface area (Å²) >= 11 is -0.826. The summed E-state index contributed by atoms with van der Waals surface area (Å²) in [6.07, 6.45) is 10.0. The fourth-order valence-corrected chi connectivity index (χ4v) is 5.01. The molecule has 0 fully saturated rings. The van der Waals surface area contributed by atoms with Gasteiger partial charge in [0.05, 0.1) is 0 Å². The molecule has 0 amide bonds. The van der Waals surface area contributed by atoms with Crippen molar-refractivity contribution >= 4 is 27.8 Å². The first-order valence-corrected chi connectivity index (χ1v) is 18.6. The fourth-order valence-electron chi connectivity index (χ4n) is 5.01. The molecular formula is C33H41Cl4Zr2. The molecule has 0 aliphatic heterocycles. The topological polar surface area (TPSA) is 0 Å². The first kappa shape index (κ1) is 43.6. The second-order valence-corrected chi connectivity index (χ2v) is 13.1. The number of hydrogen-bond acceptors (Lipinski definition) is 0. The van der Waals surface area contributed by atoms with Crippen molar-refractivity contribution in [2.24, 2.45) is 11.8 Å². The van der Waals surface area contributed by atoms with Crippen LogP contribution in [0.15, 0.2) is 105 Å². The van der Waals surface area contributed by atoms with Crippen LogP contribution in [0.25, 0.3) is 10.8 Å². The van der Waals surface area contributed by atoms with Gasteiger partial charge in [-0.1, -0.05) is 31.1 Å². The SMILES string of the molecule is CC1=C(C)C(C)C(C2=C(C)C(C)=C(C)C2C)=C1C.[C-]1=CC=CC1.[CH3-].[Cl-].[Cl-].[Cl][Zr+2][Cl].[Zr+3].c1ccc2[cH-]ccc2c1. The van der Waals surface area contributed by atoms with Crippen molar-refractivity contribution in [1.29, 1.82) is 0 Å². The summed E-state index contributed by atoms with van der Waals surface area (Å²) in [5.41, 5.74) is 12.4. The Kier molecular flexibility index (Phi) is 24.4. The van der Waals surface area contributed by atoms with E-state index in [4.69, 9.17) is 17.0 Å². The van der Waals surface area contributed by atoms with Crippen molar-refractivity contribution in [3.8, 4) is 0 Å². The molecule has 2 aromatic carbocycles. The van der Waals surface area contributed by atoms with Gasteiger partial charge in [0.15, 0.2) is 0 Å². The van der Waals surface area contributed by atoms with Crippen LogP contribution in [0.1, 0.15) is 61.8 Å². The van der Waals surface area contributed by atoms with E-state index in [2.05, 4.69) is 110 Å². The average Bonchev–Trinajstić information content (AvgIpc) is 3.64. The van der Waals surface area contributed by atoms with Gasteiger partial charge in [-0.3, -0.25) is 6.08 Å². The smallest absolute Gasteiger partial charge is 0.168 e. The van der Waals surface area contributed by atoms with Crippen LogP contribution in [0.3, 0.4) is 0 Å². The monoisotopic (exact) mass is 757 g/mol. The molecule has 2 atom stereocenters. The zero-order valence-electron chi connectivity index (χ0n) is 24.6. The number of benzene rings is 1. The van der Waals surface area contributed by atoms with Gasteiger partial charge in [-0.25, -0.2) is 12.2 Å². The van der Waals surface area contributed by atoms with Crippen LogP contribution in [0.5, 0.6) is 0 Å². The number of rotatable bonds is 1. The summed E-state index contributed by atoms with van der Waals surface area (Å²) in [5, 5.41) is 2.66. The minimum atomic E-state index is -0.826. The van der Waals surface area contributed by atoms with Gasteiger partial charge < -0.3 is 32.2 Å². The Morgan fingerprint density at radius 1 is 0.795 bits per heavy atom. The molecule has 0 heterocycles. The number of halogens is 4. The number of allylic oxidation sites excluding steroid dienone is 12. The van der Waals surface area contributed by atoms with Gasteiger partial charge in [-0.2, -0.15) is 23.6 Å². The maximum atomic E-state index is 4.93. The van der Waals surface area contributed by atoms with E-state index in [0.29, 0.717) is 11.8 Å². The van der Waals surface area contributed by atoms with Crippen molar-refractivity contribution in [3.05, 3.63) is 119 Å². The van der Waals surface area contributed by atoms with Crippen LogP contribution < -0.4 is 24.8 Å². The first-order valence-electron chi connectivity index (χ1n) is 12.2. The summed E-state index contributed by atoms with van der Waals surface area (Å²) in [4.78, 5) is 0. The van der Waals surface area contributed by atoms with Crippen LogP contribution in [0.4, 0.5) is 0 Å². The predicted molar refractivity (Wildman–Crippen MR) is 160 cm³/mol. The van der Waals surface area contributed by atoms with Crippen LogP contribution in [0, 0.1) is 25.3 Å². The summed E-state index contributed by atoms with van der Waals surface area (Å²) in [5.74, 6) is 1.19. The van der Waals surface area contributed by atoms with Crippen LogP contribution in [0.2, 0.25) is 0 Å². The summed E-state index contributed by atoms with van der Waals surface area (Å²) in [6, 6.07) is 14.7. The van der Waals surface area contributed by atoms with E-state index in [0.717, 1.165) is 6.42 Å². The third-order valence-corrected chi connectivity index (χ3v) is 7.70. The van der Waals surface area contributed by atoms with Crippen molar-refractivity contribution in [1.82, 2.24) is 0 Å². The maximum absolute atomic E-state index is 4.93. The molecule has 2 unspecified atom stereocenters. The molecule has 2 aromatic rings. The third-order valence-electron chi connectivity index (χ3n) is 7.70. The Morgan fingerprint density at radius 2 is 1.26 bits per heavy atom. The quantitative estimate of drug-likeness (QED) is 0.347. The van der Waals surface area contributed by atoms with Crippen molar-refractivity contribution in [3.63, 3.8) is 0 Å². The largest absolute Gasteiger partial charge is 3.00 e. The fraction of sp³-hybridized carbons (Fsp3) is 0.333. The molecule has 209 valence electrons. The molecule has 5 rings (SSSR count). The van der Waals surface area contributed by atoms with Gasteiger partial charge in [-0.05, 0) is 75.0 Å². The first-order chi connectivity index (χ1) is 16.7. The van der Waals surface area contributed by atoms with Gasteiger partial charge in [0, 0.05) is 11.8 Å². The number of hydrogen-bond donors (Lipinski definition) is 0. The minimum absolute atomic E-state index is 0. The van der Waals surface area contributed by atoms with Gasteiger partial charge in [-0.15, -0.1) is 36.1 Å². The second-order valence-electron chi connectivity index (χ2n) is 9.37. The third kappa shape index (κ3) is 11.4. The molecule has 3 aliphatic rings. The number of fused-ring (bicyclic) bond motifs is 1. The maximum Gasteiger partial charge on any atom is 3.00 e. The van der Waals surface area contributed by atoms with E-state index in [1.165, 1.54) is 33.1 Å². The normalized spacial score (nSPS) is 18.4. The Balaban J connectivity index is -0.000000519. The zero-order valence-corrected chi connectivity index (χ0v) is 32.6. The second kappa shape index (κ2) is 21.8. The predicted octanol–water partition coefficient (Wildman–Crippen LogP) is 5.29. The van der Waals surface area contributed by atoms with E-state index in [1.54, 1.807) is 22.3 Å². The molecule has 0 nitrogen and oxygen atoms in total. The molecule has 0 N–H and O–H groups in total. The Labute approximate surface area is 289 Å². The van der Waals surface area contributed by atoms with Crippen molar-refractivity contribution in [2.75, 3.05) is 0 Å². The van der Waals surface area contributed by atoms with Gasteiger partial charge in [0.2, 0.25) is 0 Å². The van der Waals surface area contributed by atoms with Crippen LogP contribution in [-0.2, 0) is 47.1 Å². The molecular weight excluding hydrogens is 721 g/mol. The van der Waals surface area contributed by atoms with Gasteiger partial charge in [0.25, 0.3) is 0 Å². The van der Waals surface area contributed by atoms with E-state index >= 15 is 0 Å². The minimum Gasteiger partial charge on any atom is -0.168 e. The molecule has 0 saturated heterocycles. The average molecular weight is 762 g/mol. The van der Waals surface area contributed by atoms with Gasteiger partial charge >= 0.3 is 64.1 Å². The standard InChI is InChI=1S/C18H26.C9H7.C5H5.CH3.4ClH.2Zr/c1-9-10(2)14(6)17(13(9)5)18-15(7)11(3)12(4)16(18)8;1-2-5-9-7-3-6-8(9)4-1;1-2-4-5-3-1;;;;;;;/h13,15H,1-8H3;1-7H;1-3H,4H2;1H3;4*1H;;/q;3*-1;;;;;+3;+4/p-4. The molecule has 0 saturated carbocycles. The Bertz CT molecular complexity index is 1120. The molecule has 0 spiro atoms. The summed E-state index contributed by atoms with van der Waals surface area (Å²) in [6.45, 7) is 18.5. The van der Waals surface area contributed by atoms with E-state index in [1.807, 2.05) is 12.2 Å². The molecule has 6 heteroatoms. The van der Waals surface area contributed by atoms with E-state index in [-0.39, 0.29) is 58.4 Å². The Morgan fingerprint density at radius 3 is 1.56 bits per heavy atom. The van der Waals surface area contributed by atoms with E-state index < -0.39 is 20.8 Å². The molecule has 0 bridgehead atoms. The van der Waals surface area contributed by atoms with Crippen LogP contribution >= 0.6 is 17.0 Å². The molecule has 0 aromatic heterocycles. The molecule has 1 radical (unpaired) electrons. The van der Waals surface area contributed by atoms with Crippen LogP contribution in [-0.4, -0.2) is 0 Å². The molecule has 39 heavy (non-hydrogen) atoms. The van der Waals surface area contributed by atoms with Gasteiger partial charge in [0.1, 0.15) is 0 Å². The Hall–Kier alpha value is 0.196. The molecule has 3 aliphatic carbocycles. The van der Waals surface area contributed by atoms with Crippen molar-refractivity contribution in [2.45, 2.75) is 61.8 Å². The summed E-state index contributed by atoms with van der Waals surface area (Å²) in [7, 11) is 9.87.